The normalized spacial score (nSPS) is 19.8. The van der Waals surface area contributed by atoms with Gasteiger partial charge in [-0.1, -0.05) is 18.2 Å². The largest absolute Gasteiger partial charge is 0.348 e. The fraction of sp³-hybridized carbons (Fsp3) is 0.550. The molecule has 0 aliphatic carbocycles. The van der Waals surface area contributed by atoms with E-state index in [1.807, 2.05) is 0 Å². The van der Waals surface area contributed by atoms with Gasteiger partial charge in [-0.3, -0.25) is 14.4 Å². The van der Waals surface area contributed by atoms with Gasteiger partial charge in [0, 0.05) is 45.2 Å². The number of nitrogens with one attached hydrogen (secondary N) is 2. The molecule has 3 rings (SSSR count). The molecule has 1 aromatic carbocycles. The quantitative estimate of drug-likeness (QED) is 0.442. The molecule has 1 atom stereocenters. The second-order valence-corrected chi connectivity index (χ2v) is 9.42. The van der Waals surface area contributed by atoms with Gasteiger partial charge in [-0.05, 0) is 37.8 Å². The average Bonchev–Trinajstić information content (AvgIpc) is 3.39. The van der Waals surface area contributed by atoms with Crippen LogP contribution in [-0.2, 0) is 24.4 Å². The van der Waals surface area contributed by atoms with Gasteiger partial charge in [-0.2, -0.15) is 4.31 Å². The summed E-state index contributed by atoms with van der Waals surface area (Å²) in [5.41, 5.74) is 0. The van der Waals surface area contributed by atoms with Crippen molar-refractivity contribution in [2.45, 2.75) is 43.0 Å². The number of benzene rings is 1. The molecule has 2 aliphatic heterocycles. The highest BCUT2D eigenvalue weighted by molar-refractivity contribution is 7.89. The van der Waals surface area contributed by atoms with Gasteiger partial charge in [0.15, 0.2) is 0 Å². The highest BCUT2D eigenvalue weighted by Crippen LogP contribution is 2.25. The van der Waals surface area contributed by atoms with Crippen LogP contribution in [0.1, 0.15) is 32.1 Å². The number of amides is 3. The van der Waals surface area contributed by atoms with Crippen molar-refractivity contribution < 1.29 is 22.8 Å². The third kappa shape index (κ3) is 5.37. The topological polar surface area (TPSA) is 116 Å². The summed E-state index contributed by atoms with van der Waals surface area (Å²) >= 11 is 0. The number of hydrogen-bond donors (Lipinski definition) is 2. The van der Waals surface area contributed by atoms with E-state index in [-0.39, 0.29) is 23.4 Å². The van der Waals surface area contributed by atoms with Gasteiger partial charge in [0.05, 0.1) is 4.90 Å². The van der Waals surface area contributed by atoms with E-state index in [2.05, 4.69) is 10.6 Å². The van der Waals surface area contributed by atoms with E-state index in [1.54, 1.807) is 35.2 Å². The highest BCUT2D eigenvalue weighted by atomic mass is 32.2. The van der Waals surface area contributed by atoms with Gasteiger partial charge in [0.1, 0.15) is 0 Å². The van der Waals surface area contributed by atoms with Gasteiger partial charge >= 0.3 is 11.8 Å². The van der Waals surface area contributed by atoms with Crippen LogP contribution in [0.4, 0.5) is 0 Å². The molecule has 0 saturated carbocycles. The molecule has 164 valence electrons. The standard InChI is InChI=1S/C20H28N4O5S/c25-18-10-5-12-23(18)13-6-11-21-19(26)20(27)22-15-16-7-4-14-24(16)30(28,29)17-8-2-1-3-9-17/h1-3,8-9,16H,4-7,10-15H2,(H,21,26)(H,22,27). The van der Waals surface area contributed by atoms with Gasteiger partial charge in [-0.15, -0.1) is 0 Å². The lowest BCUT2D eigenvalue weighted by atomic mass is 10.2. The molecule has 0 radical (unpaired) electrons. The molecule has 2 aliphatic rings. The zero-order chi connectivity index (χ0) is 21.6. The summed E-state index contributed by atoms with van der Waals surface area (Å²) in [6.45, 7) is 2.08. The van der Waals surface area contributed by atoms with E-state index in [1.165, 1.54) is 4.31 Å². The molecule has 2 N–H and O–H groups in total. The maximum Gasteiger partial charge on any atom is 0.309 e. The third-order valence-electron chi connectivity index (χ3n) is 5.44. The maximum absolute atomic E-state index is 12.8. The van der Waals surface area contributed by atoms with E-state index in [0.717, 1.165) is 13.0 Å². The first-order chi connectivity index (χ1) is 14.4. The molecule has 2 saturated heterocycles. The minimum Gasteiger partial charge on any atom is -0.348 e. The first kappa shape index (κ1) is 22.2. The number of carbonyl (C=O) groups excluding carboxylic acids is 3. The summed E-state index contributed by atoms with van der Waals surface area (Å²) in [6, 6.07) is 7.81. The minimum absolute atomic E-state index is 0.0839. The van der Waals surface area contributed by atoms with Gasteiger partial charge in [0.25, 0.3) is 0 Å². The monoisotopic (exact) mass is 436 g/mol. The van der Waals surface area contributed by atoms with Crippen molar-refractivity contribution in [1.82, 2.24) is 19.8 Å². The molecular formula is C20H28N4O5S. The first-order valence-corrected chi connectivity index (χ1v) is 11.7. The Balaban J connectivity index is 1.43. The summed E-state index contributed by atoms with van der Waals surface area (Å²) in [4.78, 5) is 37.6. The number of carbonyl (C=O) groups is 3. The fourth-order valence-corrected chi connectivity index (χ4v) is 5.55. The molecule has 3 amide bonds. The SMILES string of the molecule is O=C(NCCCN1CCCC1=O)C(=O)NCC1CCCN1S(=O)(=O)c1ccccc1. The number of sulfonamides is 1. The Bertz CT molecular complexity index is 874. The van der Waals surface area contributed by atoms with Crippen molar-refractivity contribution in [2.24, 2.45) is 0 Å². The van der Waals surface area contributed by atoms with Gasteiger partial charge in [-0.25, -0.2) is 8.42 Å². The zero-order valence-corrected chi connectivity index (χ0v) is 17.7. The molecule has 2 heterocycles. The van der Waals surface area contributed by atoms with Crippen LogP contribution < -0.4 is 10.6 Å². The van der Waals surface area contributed by atoms with Crippen LogP contribution in [0.2, 0.25) is 0 Å². The number of likely N-dealkylation sites (tertiary alicyclic amines) is 1. The Morgan fingerprint density at radius 2 is 1.77 bits per heavy atom. The fourth-order valence-electron chi connectivity index (χ4n) is 3.84. The van der Waals surface area contributed by atoms with Crippen LogP contribution in [0.5, 0.6) is 0 Å². The Kier molecular flexibility index (Phi) is 7.43. The lowest BCUT2D eigenvalue weighted by Gasteiger charge is -2.24. The van der Waals surface area contributed by atoms with Crippen LogP contribution in [0.3, 0.4) is 0 Å². The summed E-state index contributed by atoms with van der Waals surface area (Å²) in [5.74, 6) is -1.40. The lowest BCUT2D eigenvalue weighted by Crippen LogP contribution is -2.47. The Labute approximate surface area is 176 Å². The summed E-state index contributed by atoms with van der Waals surface area (Å²) in [7, 11) is -3.64. The maximum atomic E-state index is 12.8. The Hall–Kier alpha value is -2.46. The zero-order valence-electron chi connectivity index (χ0n) is 16.9. The molecule has 30 heavy (non-hydrogen) atoms. The lowest BCUT2D eigenvalue weighted by molar-refractivity contribution is -0.139. The second kappa shape index (κ2) is 10.0. The Morgan fingerprint density at radius 3 is 2.47 bits per heavy atom. The smallest absolute Gasteiger partial charge is 0.309 e. The van der Waals surface area contributed by atoms with Crippen molar-refractivity contribution in [3.8, 4) is 0 Å². The van der Waals surface area contributed by atoms with Crippen molar-refractivity contribution in [1.29, 1.82) is 0 Å². The predicted molar refractivity (Wildman–Crippen MR) is 110 cm³/mol. The van der Waals surface area contributed by atoms with Crippen LogP contribution in [0.15, 0.2) is 35.2 Å². The van der Waals surface area contributed by atoms with E-state index in [0.29, 0.717) is 45.3 Å². The van der Waals surface area contributed by atoms with E-state index < -0.39 is 21.8 Å². The minimum atomic E-state index is -3.64. The molecule has 2 fully saturated rings. The summed E-state index contributed by atoms with van der Waals surface area (Å²) < 4.78 is 27.1. The van der Waals surface area contributed by atoms with Crippen molar-refractivity contribution >= 4 is 27.7 Å². The number of rotatable bonds is 8. The number of nitrogens with zero attached hydrogens (tertiary/aromatic N) is 2. The molecule has 1 unspecified atom stereocenters. The van der Waals surface area contributed by atoms with Gasteiger partial charge < -0.3 is 15.5 Å². The molecule has 0 bridgehead atoms. The molecule has 10 heteroatoms. The third-order valence-corrected chi connectivity index (χ3v) is 7.41. The van der Waals surface area contributed by atoms with Crippen LogP contribution in [0.25, 0.3) is 0 Å². The first-order valence-electron chi connectivity index (χ1n) is 10.3. The Morgan fingerprint density at radius 1 is 1.03 bits per heavy atom. The van der Waals surface area contributed by atoms with Crippen LogP contribution in [0, 0.1) is 0 Å². The molecule has 0 aromatic heterocycles. The van der Waals surface area contributed by atoms with Gasteiger partial charge in [0.2, 0.25) is 15.9 Å². The van der Waals surface area contributed by atoms with E-state index in [4.69, 9.17) is 0 Å². The van der Waals surface area contributed by atoms with Crippen molar-refractivity contribution in [3.05, 3.63) is 30.3 Å². The summed E-state index contributed by atoms with van der Waals surface area (Å²) in [6.07, 6.45) is 3.35. The average molecular weight is 437 g/mol. The highest BCUT2D eigenvalue weighted by Gasteiger charge is 2.35. The molecule has 9 nitrogen and oxygen atoms in total. The molecular weight excluding hydrogens is 408 g/mol. The predicted octanol–water partition coefficient (Wildman–Crippen LogP) is 0.0846. The van der Waals surface area contributed by atoms with Crippen LogP contribution >= 0.6 is 0 Å². The molecule has 1 aromatic rings. The van der Waals surface area contributed by atoms with Crippen molar-refractivity contribution in [3.63, 3.8) is 0 Å². The van der Waals surface area contributed by atoms with E-state index >= 15 is 0 Å². The van der Waals surface area contributed by atoms with E-state index in [9.17, 15) is 22.8 Å². The summed E-state index contributed by atoms with van der Waals surface area (Å²) in [5, 5.41) is 5.09. The number of hydrogen-bond acceptors (Lipinski definition) is 5. The second-order valence-electron chi connectivity index (χ2n) is 7.53. The van der Waals surface area contributed by atoms with Crippen LogP contribution in [-0.4, -0.2) is 74.1 Å². The van der Waals surface area contributed by atoms with Crippen molar-refractivity contribution in [2.75, 3.05) is 32.7 Å². The molecule has 0 spiro atoms.